The molecule has 138 valence electrons. The molecule has 0 saturated carbocycles. The summed E-state index contributed by atoms with van der Waals surface area (Å²) in [6, 6.07) is 8.17. The predicted molar refractivity (Wildman–Crippen MR) is 114 cm³/mol. The van der Waals surface area contributed by atoms with Gasteiger partial charge in [0.2, 0.25) is 0 Å². The maximum Gasteiger partial charge on any atom is 0.193 e. The fourth-order valence-electron chi connectivity index (χ4n) is 2.19. The Balaban J connectivity index is 0.00000529. The van der Waals surface area contributed by atoms with Gasteiger partial charge >= 0.3 is 0 Å². The molecule has 0 aliphatic carbocycles. The van der Waals surface area contributed by atoms with Gasteiger partial charge in [0.15, 0.2) is 5.96 Å². The lowest BCUT2D eigenvalue weighted by Gasteiger charge is -2.22. The van der Waals surface area contributed by atoms with Crippen molar-refractivity contribution in [2.75, 3.05) is 47.9 Å². The molecule has 0 aromatic heterocycles. The quantitative estimate of drug-likeness (QED) is 0.358. The number of unbranched alkanes of at least 4 members (excludes halogenated alkanes) is 1. The lowest BCUT2D eigenvalue weighted by atomic mass is 10.2. The second-order valence-corrected chi connectivity index (χ2v) is 5.94. The third-order valence-corrected chi connectivity index (χ3v) is 3.63. The van der Waals surface area contributed by atoms with Crippen LogP contribution in [0.1, 0.15) is 25.3 Å². The normalized spacial score (nSPS) is 11.2. The summed E-state index contributed by atoms with van der Waals surface area (Å²) in [5, 5.41) is 3.42. The molecule has 1 rings (SSSR count). The zero-order valence-electron chi connectivity index (χ0n) is 15.7. The van der Waals surface area contributed by atoms with Gasteiger partial charge in [-0.05, 0) is 26.6 Å². The molecule has 0 radical (unpaired) electrons. The third kappa shape index (κ3) is 8.73. The number of nitrogens with one attached hydrogen (secondary N) is 1. The molecule has 1 N–H and O–H groups in total. The number of likely N-dealkylation sites (N-methyl/N-ethyl adjacent to an activating group) is 1. The van der Waals surface area contributed by atoms with Crippen molar-refractivity contribution in [1.82, 2.24) is 15.1 Å². The molecule has 1 aromatic rings. The molecule has 0 spiro atoms. The van der Waals surface area contributed by atoms with Crippen molar-refractivity contribution >= 4 is 29.9 Å². The number of nitrogens with zero attached hydrogens (tertiary/aromatic N) is 3. The minimum Gasteiger partial charge on any atom is -0.492 e. The van der Waals surface area contributed by atoms with Crippen molar-refractivity contribution in [3.8, 4) is 5.75 Å². The SMILES string of the molecule is CCCCN(C)C(=NC)NCc1ccccc1OCCN(C)C.I. The van der Waals surface area contributed by atoms with Crippen LogP contribution in [-0.4, -0.2) is 63.6 Å². The van der Waals surface area contributed by atoms with Gasteiger partial charge in [0.05, 0.1) is 0 Å². The topological polar surface area (TPSA) is 40.1 Å². The van der Waals surface area contributed by atoms with E-state index in [-0.39, 0.29) is 24.0 Å². The molecular weight excluding hydrogens is 415 g/mol. The predicted octanol–water partition coefficient (Wildman–Crippen LogP) is 3.05. The molecule has 0 aliphatic rings. The van der Waals surface area contributed by atoms with E-state index in [0.29, 0.717) is 13.2 Å². The van der Waals surface area contributed by atoms with Gasteiger partial charge in [0.25, 0.3) is 0 Å². The minimum absolute atomic E-state index is 0. The van der Waals surface area contributed by atoms with Crippen molar-refractivity contribution in [2.45, 2.75) is 26.3 Å². The van der Waals surface area contributed by atoms with E-state index in [1.54, 1.807) is 0 Å². The summed E-state index contributed by atoms with van der Waals surface area (Å²) < 4.78 is 5.90. The van der Waals surface area contributed by atoms with E-state index in [1.165, 1.54) is 12.8 Å². The van der Waals surface area contributed by atoms with Crippen LogP contribution in [0.25, 0.3) is 0 Å². The first-order valence-electron chi connectivity index (χ1n) is 8.35. The van der Waals surface area contributed by atoms with E-state index in [9.17, 15) is 0 Å². The molecule has 0 amide bonds. The molecule has 0 unspecified atom stereocenters. The zero-order chi connectivity index (χ0) is 17.1. The monoisotopic (exact) mass is 448 g/mol. The summed E-state index contributed by atoms with van der Waals surface area (Å²) >= 11 is 0. The highest BCUT2D eigenvalue weighted by Gasteiger charge is 2.07. The summed E-state index contributed by atoms with van der Waals surface area (Å²) in [7, 11) is 7.99. The van der Waals surface area contributed by atoms with Gasteiger partial charge in [0.1, 0.15) is 12.4 Å². The van der Waals surface area contributed by atoms with Crippen molar-refractivity contribution in [2.24, 2.45) is 4.99 Å². The lowest BCUT2D eigenvalue weighted by molar-refractivity contribution is 0.259. The molecular formula is C18H33IN4O. The van der Waals surface area contributed by atoms with Crippen LogP contribution in [0.15, 0.2) is 29.3 Å². The van der Waals surface area contributed by atoms with Crippen LogP contribution in [0, 0.1) is 0 Å². The van der Waals surface area contributed by atoms with Gasteiger partial charge in [-0.15, -0.1) is 24.0 Å². The molecule has 0 atom stereocenters. The number of benzene rings is 1. The number of halogens is 1. The Morgan fingerprint density at radius 2 is 1.88 bits per heavy atom. The zero-order valence-corrected chi connectivity index (χ0v) is 18.0. The molecule has 0 aliphatic heterocycles. The Morgan fingerprint density at radius 1 is 1.17 bits per heavy atom. The Labute approximate surface area is 164 Å². The molecule has 6 heteroatoms. The summed E-state index contributed by atoms with van der Waals surface area (Å²) in [5.74, 6) is 1.86. The maximum absolute atomic E-state index is 5.90. The maximum atomic E-state index is 5.90. The van der Waals surface area contributed by atoms with E-state index < -0.39 is 0 Å². The Hall–Kier alpha value is -1.02. The molecule has 0 heterocycles. The average molecular weight is 448 g/mol. The Morgan fingerprint density at radius 3 is 2.50 bits per heavy atom. The molecule has 24 heavy (non-hydrogen) atoms. The van der Waals surface area contributed by atoms with Crippen LogP contribution >= 0.6 is 24.0 Å². The number of guanidine groups is 1. The third-order valence-electron chi connectivity index (χ3n) is 3.63. The second kappa shape index (κ2) is 13.3. The highest BCUT2D eigenvalue weighted by Crippen LogP contribution is 2.17. The van der Waals surface area contributed by atoms with Crippen LogP contribution < -0.4 is 10.1 Å². The van der Waals surface area contributed by atoms with Crippen molar-refractivity contribution < 1.29 is 4.74 Å². The summed E-state index contributed by atoms with van der Waals surface area (Å²) in [4.78, 5) is 8.64. The van der Waals surface area contributed by atoms with Gasteiger partial charge in [-0.1, -0.05) is 31.5 Å². The highest BCUT2D eigenvalue weighted by molar-refractivity contribution is 14.0. The van der Waals surface area contributed by atoms with Crippen LogP contribution in [0.3, 0.4) is 0 Å². The van der Waals surface area contributed by atoms with E-state index in [1.807, 2.05) is 39.3 Å². The largest absolute Gasteiger partial charge is 0.492 e. The standard InChI is InChI=1S/C18H32N4O.HI/c1-6-7-12-22(5)18(19-2)20-15-16-10-8-9-11-17(16)23-14-13-21(3)4;/h8-11H,6-7,12-15H2,1-5H3,(H,19,20);1H. The number of rotatable bonds is 9. The van der Waals surface area contributed by atoms with Crippen molar-refractivity contribution in [3.63, 3.8) is 0 Å². The van der Waals surface area contributed by atoms with Crippen LogP contribution in [0.5, 0.6) is 5.75 Å². The molecule has 1 aromatic carbocycles. The number of ether oxygens (including phenoxy) is 1. The average Bonchev–Trinajstić information content (AvgIpc) is 2.54. The molecule has 5 nitrogen and oxygen atoms in total. The van der Waals surface area contributed by atoms with Crippen molar-refractivity contribution in [1.29, 1.82) is 0 Å². The smallest absolute Gasteiger partial charge is 0.193 e. The Kier molecular flexibility index (Phi) is 12.7. The van der Waals surface area contributed by atoms with E-state index >= 15 is 0 Å². The van der Waals surface area contributed by atoms with E-state index in [0.717, 1.165) is 30.4 Å². The van der Waals surface area contributed by atoms with Gasteiger partial charge in [-0.2, -0.15) is 0 Å². The summed E-state index contributed by atoms with van der Waals surface area (Å²) in [6.07, 6.45) is 2.35. The number of hydrogen-bond acceptors (Lipinski definition) is 3. The van der Waals surface area contributed by atoms with Gasteiger partial charge in [-0.3, -0.25) is 4.99 Å². The highest BCUT2D eigenvalue weighted by atomic mass is 127. The van der Waals surface area contributed by atoms with Crippen LogP contribution in [0.4, 0.5) is 0 Å². The molecule has 0 saturated heterocycles. The van der Waals surface area contributed by atoms with Gasteiger partial charge in [-0.25, -0.2) is 0 Å². The fourth-order valence-corrected chi connectivity index (χ4v) is 2.19. The number of para-hydroxylation sites is 1. The number of hydrogen-bond donors (Lipinski definition) is 1. The fraction of sp³-hybridized carbons (Fsp3) is 0.611. The number of aliphatic imine (C=N–C) groups is 1. The van der Waals surface area contributed by atoms with Crippen LogP contribution in [-0.2, 0) is 6.54 Å². The minimum atomic E-state index is 0. The van der Waals surface area contributed by atoms with E-state index in [4.69, 9.17) is 4.74 Å². The second-order valence-electron chi connectivity index (χ2n) is 5.94. The van der Waals surface area contributed by atoms with Crippen molar-refractivity contribution in [3.05, 3.63) is 29.8 Å². The summed E-state index contributed by atoms with van der Waals surface area (Å²) in [6.45, 7) is 5.52. The summed E-state index contributed by atoms with van der Waals surface area (Å²) in [5.41, 5.74) is 1.15. The first kappa shape index (κ1) is 23.0. The first-order chi connectivity index (χ1) is 11.1. The van der Waals surface area contributed by atoms with E-state index in [2.05, 4.69) is 40.1 Å². The van der Waals surface area contributed by atoms with Gasteiger partial charge in [0, 0.05) is 39.3 Å². The van der Waals surface area contributed by atoms with Crippen LogP contribution in [0.2, 0.25) is 0 Å². The first-order valence-corrected chi connectivity index (χ1v) is 8.35. The molecule has 0 fully saturated rings. The molecule has 0 bridgehead atoms. The lowest BCUT2D eigenvalue weighted by Crippen LogP contribution is -2.39. The Bertz CT molecular complexity index is 480. The van der Waals surface area contributed by atoms with Gasteiger partial charge < -0.3 is 19.9 Å².